The monoisotopic (exact) mass is 393 g/mol. The molecule has 0 N–H and O–H groups in total. The van der Waals surface area contributed by atoms with Gasteiger partial charge in [-0.05, 0) is 59.7 Å². The predicted octanol–water partition coefficient (Wildman–Crippen LogP) is 2.79. The normalized spacial score (nSPS) is 18.1. The second-order valence-corrected chi connectivity index (χ2v) is 7.56. The van der Waals surface area contributed by atoms with Gasteiger partial charge in [0.2, 0.25) is 6.79 Å². The molecule has 0 radical (unpaired) electrons. The van der Waals surface area contributed by atoms with E-state index in [1.165, 1.54) is 5.56 Å². The number of tetrazole rings is 1. The molecule has 1 aromatic heterocycles. The van der Waals surface area contributed by atoms with Crippen LogP contribution >= 0.6 is 0 Å². The van der Waals surface area contributed by atoms with E-state index in [0.717, 1.165) is 48.3 Å². The molecular weight excluding hydrogens is 370 g/mol. The van der Waals surface area contributed by atoms with Crippen LogP contribution in [-0.2, 0) is 13.1 Å². The lowest BCUT2D eigenvalue weighted by atomic mass is 10.0. The highest BCUT2D eigenvalue weighted by molar-refractivity contribution is 5.44. The SMILES string of the molecule is CC(C)Oc1ccc(C2c3nnnn3CCN2Cc2ccc3c(c2)OCO3)cc1. The number of ether oxygens (including phenoxy) is 3. The summed E-state index contributed by atoms with van der Waals surface area (Å²) in [4.78, 5) is 2.39. The van der Waals surface area contributed by atoms with Gasteiger partial charge in [0.25, 0.3) is 0 Å². The third-order valence-corrected chi connectivity index (χ3v) is 5.16. The summed E-state index contributed by atoms with van der Waals surface area (Å²) in [5.41, 5.74) is 2.30. The van der Waals surface area contributed by atoms with Crippen LogP contribution in [0.15, 0.2) is 42.5 Å². The quantitative estimate of drug-likeness (QED) is 0.660. The van der Waals surface area contributed by atoms with Crippen molar-refractivity contribution in [3.8, 4) is 17.2 Å². The minimum atomic E-state index is -0.0303. The van der Waals surface area contributed by atoms with Crippen molar-refractivity contribution in [2.75, 3.05) is 13.3 Å². The van der Waals surface area contributed by atoms with Crippen LogP contribution in [0, 0.1) is 0 Å². The van der Waals surface area contributed by atoms with Crippen LogP contribution in [0.4, 0.5) is 0 Å². The summed E-state index contributed by atoms with van der Waals surface area (Å²) in [7, 11) is 0. The van der Waals surface area contributed by atoms with Crippen molar-refractivity contribution in [1.82, 2.24) is 25.1 Å². The van der Waals surface area contributed by atoms with E-state index in [4.69, 9.17) is 14.2 Å². The van der Waals surface area contributed by atoms with Crippen molar-refractivity contribution < 1.29 is 14.2 Å². The van der Waals surface area contributed by atoms with Gasteiger partial charge in [0.1, 0.15) is 5.75 Å². The second-order valence-electron chi connectivity index (χ2n) is 7.56. The Morgan fingerprint density at radius 2 is 1.90 bits per heavy atom. The Kier molecular flexibility index (Phi) is 4.55. The molecule has 1 unspecified atom stereocenters. The number of fused-ring (bicyclic) bond motifs is 2. The van der Waals surface area contributed by atoms with E-state index in [0.29, 0.717) is 0 Å². The molecule has 0 fully saturated rings. The van der Waals surface area contributed by atoms with Gasteiger partial charge in [0.05, 0.1) is 18.7 Å². The Morgan fingerprint density at radius 1 is 1.07 bits per heavy atom. The van der Waals surface area contributed by atoms with Gasteiger partial charge in [0.15, 0.2) is 17.3 Å². The topological polar surface area (TPSA) is 74.5 Å². The molecule has 5 rings (SSSR count). The fraction of sp³-hybridized carbons (Fsp3) is 0.381. The maximum Gasteiger partial charge on any atom is 0.231 e. The van der Waals surface area contributed by atoms with Crippen molar-refractivity contribution in [3.05, 3.63) is 59.4 Å². The van der Waals surface area contributed by atoms with E-state index in [1.54, 1.807) is 0 Å². The van der Waals surface area contributed by atoms with Crippen LogP contribution in [0.2, 0.25) is 0 Å². The Hall–Kier alpha value is -3.13. The average Bonchev–Trinajstić information content (AvgIpc) is 3.37. The number of hydrogen-bond donors (Lipinski definition) is 0. The molecule has 2 aliphatic rings. The minimum absolute atomic E-state index is 0.0303. The van der Waals surface area contributed by atoms with Crippen molar-refractivity contribution >= 4 is 0 Å². The molecule has 150 valence electrons. The highest BCUT2D eigenvalue weighted by atomic mass is 16.7. The van der Waals surface area contributed by atoms with Gasteiger partial charge in [-0.3, -0.25) is 4.90 Å². The summed E-state index contributed by atoms with van der Waals surface area (Å²) in [5, 5.41) is 12.4. The summed E-state index contributed by atoms with van der Waals surface area (Å²) in [6.07, 6.45) is 0.144. The van der Waals surface area contributed by atoms with E-state index in [2.05, 4.69) is 44.7 Å². The molecule has 2 aromatic carbocycles. The fourth-order valence-corrected chi connectivity index (χ4v) is 3.89. The smallest absolute Gasteiger partial charge is 0.231 e. The zero-order chi connectivity index (χ0) is 19.8. The first kappa shape index (κ1) is 17.9. The van der Waals surface area contributed by atoms with Crippen molar-refractivity contribution in [2.24, 2.45) is 0 Å². The average molecular weight is 393 g/mol. The third-order valence-electron chi connectivity index (χ3n) is 5.16. The summed E-state index contributed by atoms with van der Waals surface area (Å²) in [6, 6.07) is 14.3. The van der Waals surface area contributed by atoms with Crippen LogP contribution in [-0.4, -0.2) is 44.5 Å². The number of nitrogens with zero attached hydrogens (tertiary/aromatic N) is 5. The Morgan fingerprint density at radius 3 is 2.72 bits per heavy atom. The van der Waals surface area contributed by atoms with Gasteiger partial charge in [0, 0.05) is 13.1 Å². The van der Waals surface area contributed by atoms with Gasteiger partial charge in [-0.15, -0.1) is 5.10 Å². The molecule has 1 atom stereocenters. The molecule has 3 heterocycles. The van der Waals surface area contributed by atoms with Gasteiger partial charge >= 0.3 is 0 Å². The van der Waals surface area contributed by atoms with Crippen LogP contribution in [0.1, 0.15) is 36.8 Å². The molecule has 29 heavy (non-hydrogen) atoms. The highest BCUT2D eigenvalue weighted by Gasteiger charge is 2.32. The molecule has 2 aliphatic heterocycles. The molecule has 8 heteroatoms. The molecule has 8 nitrogen and oxygen atoms in total. The van der Waals surface area contributed by atoms with Crippen LogP contribution in [0.25, 0.3) is 0 Å². The second kappa shape index (κ2) is 7.36. The number of hydrogen-bond acceptors (Lipinski definition) is 7. The Bertz CT molecular complexity index is 1000. The van der Waals surface area contributed by atoms with Crippen LogP contribution in [0.3, 0.4) is 0 Å². The van der Waals surface area contributed by atoms with E-state index in [-0.39, 0.29) is 18.9 Å². The summed E-state index contributed by atoms with van der Waals surface area (Å²) >= 11 is 0. The summed E-state index contributed by atoms with van der Waals surface area (Å²) in [5.74, 6) is 3.32. The molecule has 0 spiro atoms. The van der Waals surface area contributed by atoms with E-state index in [1.807, 2.05) is 36.7 Å². The standard InChI is InChI=1S/C21H23N5O3/c1-14(2)29-17-6-4-16(5-7-17)20-21-22-23-24-26(21)10-9-25(20)12-15-3-8-18-19(11-15)28-13-27-18/h3-8,11,14,20H,9-10,12-13H2,1-2H3. The molecule has 0 bridgehead atoms. The van der Waals surface area contributed by atoms with Crippen LogP contribution < -0.4 is 14.2 Å². The fourth-order valence-electron chi connectivity index (χ4n) is 3.89. The van der Waals surface area contributed by atoms with Crippen molar-refractivity contribution in [2.45, 2.75) is 39.1 Å². The molecule has 0 saturated carbocycles. The number of rotatable bonds is 5. The van der Waals surface area contributed by atoms with Crippen molar-refractivity contribution in [1.29, 1.82) is 0 Å². The summed E-state index contributed by atoms with van der Waals surface area (Å²) < 4.78 is 18.6. The molecule has 3 aromatic rings. The first-order valence-corrected chi connectivity index (χ1v) is 9.82. The van der Waals surface area contributed by atoms with Gasteiger partial charge in [-0.2, -0.15) is 0 Å². The summed E-state index contributed by atoms with van der Waals surface area (Å²) in [6.45, 7) is 6.70. The lowest BCUT2D eigenvalue weighted by molar-refractivity contribution is 0.163. The first-order valence-electron chi connectivity index (χ1n) is 9.82. The number of benzene rings is 2. The van der Waals surface area contributed by atoms with Crippen molar-refractivity contribution in [3.63, 3.8) is 0 Å². The maximum absolute atomic E-state index is 5.79. The third kappa shape index (κ3) is 3.51. The molecular formula is C21H23N5O3. The lowest BCUT2D eigenvalue weighted by Gasteiger charge is -2.35. The van der Waals surface area contributed by atoms with E-state index in [9.17, 15) is 0 Å². The first-order chi connectivity index (χ1) is 14.2. The zero-order valence-corrected chi connectivity index (χ0v) is 16.5. The minimum Gasteiger partial charge on any atom is -0.491 e. The molecule has 0 aliphatic carbocycles. The van der Waals surface area contributed by atoms with E-state index < -0.39 is 0 Å². The molecule has 0 amide bonds. The Balaban J connectivity index is 1.44. The Labute approximate surface area is 169 Å². The molecule has 0 saturated heterocycles. The predicted molar refractivity (Wildman–Crippen MR) is 105 cm³/mol. The van der Waals surface area contributed by atoms with Gasteiger partial charge in [-0.25, -0.2) is 4.68 Å². The van der Waals surface area contributed by atoms with Gasteiger partial charge in [-0.1, -0.05) is 18.2 Å². The number of aromatic nitrogens is 4. The largest absolute Gasteiger partial charge is 0.491 e. The highest BCUT2D eigenvalue weighted by Crippen LogP contribution is 2.36. The maximum atomic E-state index is 5.79. The van der Waals surface area contributed by atoms with E-state index >= 15 is 0 Å². The zero-order valence-electron chi connectivity index (χ0n) is 16.5. The lowest BCUT2D eigenvalue weighted by Crippen LogP contribution is -2.38. The van der Waals surface area contributed by atoms with Gasteiger partial charge < -0.3 is 14.2 Å². The van der Waals surface area contributed by atoms with Crippen LogP contribution in [0.5, 0.6) is 17.2 Å².